The second-order valence-electron chi connectivity index (χ2n) is 3.77. The smallest absolute Gasteiger partial charge is 0.181 e. The lowest BCUT2D eigenvalue weighted by Crippen LogP contribution is -2.18. The van der Waals surface area contributed by atoms with Crippen molar-refractivity contribution in [3.8, 4) is 0 Å². The van der Waals surface area contributed by atoms with Crippen LogP contribution in [0, 0.1) is 0 Å². The van der Waals surface area contributed by atoms with Crippen molar-refractivity contribution in [3.63, 3.8) is 0 Å². The minimum absolute atomic E-state index is 0.206. The van der Waals surface area contributed by atoms with Crippen molar-refractivity contribution in [2.45, 2.75) is 6.29 Å². The first-order valence-corrected chi connectivity index (χ1v) is 7.66. The largest absolute Gasteiger partial charge is 0.378 e. The molecule has 1 aliphatic rings. The molecule has 7 heteroatoms. The number of hydrogen-bond donors (Lipinski definition) is 0. The molecule has 1 fully saturated rings. The number of ether oxygens (including phenoxy) is 6. The molecule has 1 aliphatic heterocycles. The number of rotatable bonds is 13. The van der Waals surface area contributed by atoms with Gasteiger partial charge in [-0.05, 0) is 0 Å². The van der Waals surface area contributed by atoms with Crippen molar-refractivity contribution in [2.24, 2.45) is 0 Å². The van der Waals surface area contributed by atoms with Gasteiger partial charge in [0.25, 0.3) is 0 Å². The third kappa shape index (κ3) is 10.7. The van der Waals surface area contributed by atoms with Gasteiger partial charge in [0.05, 0.1) is 66.1 Å². The molecule has 0 radical (unpaired) electrons. The zero-order valence-corrected chi connectivity index (χ0v) is 12.8. The SMILES string of the molecule is BrCCOCCOCCOCCOCC1OCCO1. The van der Waals surface area contributed by atoms with Crippen LogP contribution in [0.5, 0.6) is 0 Å². The fourth-order valence-electron chi connectivity index (χ4n) is 1.40. The van der Waals surface area contributed by atoms with E-state index in [0.717, 1.165) is 5.33 Å². The molecule has 1 heterocycles. The predicted molar refractivity (Wildman–Crippen MR) is 72.8 cm³/mol. The molecular weight excluding hydrogens is 320 g/mol. The average molecular weight is 343 g/mol. The summed E-state index contributed by atoms with van der Waals surface area (Å²) in [4.78, 5) is 0. The Balaban J connectivity index is 1.67. The minimum Gasteiger partial charge on any atom is -0.378 e. The zero-order valence-electron chi connectivity index (χ0n) is 11.2. The Kier molecular flexibility index (Phi) is 12.0. The van der Waals surface area contributed by atoms with E-state index in [1.54, 1.807) is 0 Å². The summed E-state index contributed by atoms with van der Waals surface area (Å²) in [7, 11) is 0. The monoisotopic (exact) mass is 342 g/mol. The average Bonchev–Trinajstić information content (AvgIpc) is 2.93. The van der Waals surface area contributed by atoms with Gasteiger partial charge in [-0.3, -0.25) is 0 Å². The lowest BCUT2D eigenvalue weighted by atomic mass is 10.6. The van der Waals surface area contributed by atoms with Crippen molar-refractivity contribution in [2.75, 3.05) is 71.4 Å². The second kappa shape index (κ2) is 13.2. The molecule has 0 atom stereocenters. The topological polar surface area (TPSA) is 55.4 Å². The Bertz CT molecular complexity index is 189. The first kappa shape index (κ1) is 17.3. The molecule has 19 heavy (non-hydrogen) atoms. The normalized spacial score (nSPS) is 16.3. The standard InChI is InChI=1S/C12H23BrO6/c13-1-2-14-3-4-15-5-6-16-7-8-17-11-12-18-9-10-19-12/h12H,1-11H2. The zero-order chi connectivity index (χ0) is 13.6. The molecule has 1 saturated heterocycles. The molecular formula is C12H23BrO6. The first-order valence-electron chi connectivity index (χ1n) is 6.53. The summed E-state index contributed by atoms with van der Waals surface area (Å²) in [5.41, 5.74) is 0. The van der Waals surface area contributed by atoms with Crippen LogP contribution in [0.3, 0.4) is 0 Å². The fraction of sp³-hybridized carbons (Fsp3) is 1.00. The Morgan fingerprint density at radius 1 is 0.737 bits per heavy atom. The Morgan fingerprint density at radius 2 is 1.21 bits per heavy atom. The maximum Gasteiger partial charge on any atom is 0.181 e. The van der Waals surface area contributed by atoms with Crippen LogP contribution in [0.25, 0.3) is 0 Å². The fourth-order valence-corrected chi connectivity index (χ4v) is 1.63. The van der Waals surface area contributed by atoms with Gasteiger partial charge in [0.15, 0.2) is 6.29 Å². The van der Waals surface area contributed by atoms with Crippen LogP contribution in [0.1, 0.15) is 0 Å². The second-order valence-corrected chi connectivity index (χ2v) is 4.57. The van der Waals surface area contributed by atoms with Gasteiger partial charge in [0, 0.05) is 5.33 Å². The number of alkyl halides is 1. The molecule has 6 nitrogen and oxygen atoms in total. The number of hydrogen-bond acceptors (Lipinski definition) is 6. The van der Waals surface area contributed by atoms with E-state index < -0.39 is 0 Å². The van der Waals surface area contributed by atoms with Crippen LogP contribution in [0.4, 0.5) is 0 Å². The summed E-state index contributed by atoms with van der Waals surface area (Å²) in [5.74, 6) is 0. The molecule has 0 unspecified atom stereocenters. The van der Waals surface area contributed by atoms with E-state index in [1.807, 2.05) is 0 Å². The van der Waals surface area contributed by atoms with Crippen molar-refractivity contribution < 1.29 is 28.4 Å². The molecule has 0 amide bonds. The third-order valence-corrected chi connectivity index (χ3v) is 2.61. The molecule has 0 aromatic carbocycles. The lowest BCUT2D eigenvalue weighted by Gasteiger charge is -2.10. The lowest BCUT2D eigenvalue weighted by molar-refractivity contribution is -0.101. The van der Waals surface area contributed by atoms with Crippen molar-refractivity contribution >= 4 is 15.9 Å². The maximum atomic E-state index is 5.35. The molecule has 114 valence electrons. The Morgan fingerprint density at radius 3 is 1.74 bits per heavy atom. The Labute approximate surface area is 122 Å². The van der Waals surface area contributed by atoms with Crippen LogP contribution in [0.15, 0.2) is 0 Å². The van der Waals surface area contributed by atoms with Crippen LogP contribution in [-0.4, -0.2) is 77.7 Å². The van der Waals surface area contributed by atoms with Gasteiger partial charge in [0.2, 0.25) is 0 Å². The number of halogens is 1. The van der Waals surface area contributed by atoms with E-state index >= 15 is 0 Å². The first-order chi connectivity index (χ1) is 9.43. The summed E-state index contributed by atoms with van der Waals surface area (Å²) >= 11 is 3.28. The molecule has 1 rings (SSSR count). The summed E-state index contributed by atoms with van der Waals surface area (Å²) < 4.78 is 31.7. The highest BCUT2D eigenvalue weighted by atomic mass is 79.9. The minimum atomic E-state index is -0.206. The van der Waals surface area contributed by atoms with Crippen LogP contribution < -0.4 is 0 Å². The van der Waals surface area contributed by atoms with Crippen LogP contribution >= 0.6 is 15.9 Å². The molecule has 0 N–H and O–H groups in total. The van der Waals surface area contributed by atoms with Crippen molar-refractivity contribution in [3.05, 3.63) is 0 Å². The van der Waals surface area contributed by atoms with E-state index in [0.29, 0.717) is 66.1 Å². The summed E-state index contributed by atoms with van der Waals surface area (Å²) in [6.45, 7) is 5.94. The van der Waals surface area contributed by atoms with Gasteiger partial charge in [-0.1, -0.05) is 15.9 Å². The van der Waals surface area contributed by atoms with E-state index in [9.17, 15) is 0 Å². The van der Waals surface area contributed by atoms with Gasteiger partial charge in [-0.25, -0.2) is 0 Å². The van der Waals surface area contributed by atoms with Crippen molar-refractivity contribution in [1.82, 2.24) is 0 Å². The van der Waals surface area contributed by atoms with E-state index in [2.05, 4.69) is 15.9 Å². The van der Waals surface area contributed by atoms with Crippen LogP contribution in [-0.2, 0) is 28.4 Å². The highest BCUT2D eigenvalue weighted by Crippen LogP contribution is 2.03. The molecule has 0 aromatic heterocycles. The summed E-state index contributed by atoms with van der Waals surface area (Å²) in [6.07, 6.45) is -0.206. The van der Waals surface area contributed by atoms with Gasteiger partial charge >= 0.3 is 0 Å². The Hall–Kier alpha value is 0.240. The highest BCUT2D eigenvalue weighted by Gasteiger charge is 2.15. The van der Waals surface area contributed by atoms with Crippen LogP contribution in [0.2, 0.25) is 0 Å². The van der Waals surface area contributed by atoms with Crippen molar-refractivity contribution in [1.29, 1.82) is 0 Å². The van der Waals surface area contributed by atoms with Gasteiger partial charge in [-0.2, -0.15) is 0 Å². The molecule has 0 saturated carbocycles. The van der Waals surface area contributed by atoms with Gasteiger partial charge in [0.1, 0.15) is 0 Å². The molecule has 0 spiro atoms. The highest BCUT2D eigenvalue weighted by molar-refractivity contribution is 9.09. The van der Waals surface area contributed by atoms with E-state index in [-0.39, 0.29) is 6.29 Å². The van der Waals surface area contributed by atoms with E-state index in [4.69, 9.17) is 28.4 Å². The molecule has 0 bridgehead atoms. The summed E-state index contributed by atoms with van der Waals surface area (Å²) in [5, 5.41) is 0.854. The maximum absolute atomic E-state index is 5.35. The van der Waals surface area contributed by atoms with Gasteiger partial charge in [-0.15, -0.1) is 0 Å². The summed E-state index contributed by atoms with van der Waals surface area (Å²) in [6, 6.07) is 0. The quantitative estimate of drug-likeness (QED) is 0.365. The predicted octanol–water partition coefficient (Wildman–Crippen LogP) is 0.821. The van der Waals surface area contributed by atoms with Gasteiger partial charge < -0.3 is 28.4 Å². The van der Waals surface area contributed by atoms with E-state index in [1.165, 1.54) is 0 Å². The third-order valence-electron chi connectivity index (χ3n) is 2.28. The molecule has 0 aromatic rings. The molecule has 0 aliphatic carbocycles.